The highest BCUT2D eigenvalue weighted by Crippen LogP contribution is 2.19. The van der Waals surface area contributed by atoms with Gasteiger partial charge in [-0.2, -0.15) is 4.98 Å². The van der Waals surface area contributed by atoms with Crippen molar-refractivity contribution >= 4 is 11.6 Å². The van der Waals surface area contributed by atoms with Crippen LogP contribution in [0.15, 0.2) is 18.2 Å². The molecule has 0 aliphatic carbocycles. The van der Waals surface area contributed by atoms with Crippen molar-refractivity contribution in [3.05, 3.63) is 23.9 Å². The lowest BCUT2D eigenvalue weighted by molar-refractivity contribution is 0.266. The van der Waals surface area contributed by atoms with Crippen molar-refractivity contribution < 1.29 is 0 Å². The summed E-state index contributed by atoms with van der Waals surface area (Å²) in [5.41, 5.74) is 2.01. The molecule has 1 N–H and O–H groups in total. The summed E-state index contributed by atoms with van der Waals surface area (Å²) >= 11 is 0. The number of fused-ring (bicyclic) bond motifs is 1. The summed E-state index contributed by atoms with van der Waals surface area (Å²) in [5.74, 6) is 1.44. The van der Waals surface area contributed by atoms with E-state index in [1.165, 1.54) is 19.5 Å². The summed E-state index contributed by atoms with van der Waals surface area (Å²) < 4.78 is 1.89. The first-order valence-electron chi connectivity index (χ1n) is 7.44. The normalized spacial score (nSPS) is 20.1. The Bertz CT molecular complexity index is 589. The second-order valence-corrected chi connectivity index (χ2v) is 6.00. The number of rotatable bonds is 4. The maximum Gasteiger partial charge on any atom is 0.243 e. The van der Waals surface area contributed by atoms with Crippen molar-refractivity contribution in [3.63, 3.8) is 0 Å². The second kappa shape index (κ2) is 5.40. The lowest BCUT2D eigenvalue weighted by atomic mass is 10.1. The minimum Gasteiger partial charge on any atom is -0.353 e. The Hall–Kier alpha value is -1.62. The van der Waals surface area contributed by atoms with E-state index in [1.807, 2.05) is 29.6 Å². The number of nitrogens with zero attached hydrogens (tertiary/aromatic N) is 4. The number of nitrogens with one attached hydrogen (secondary N) is 1. The van der Waals surface area contributed by atoms with Gasteiger partial charge < -0.3 is 10.2 Å². The van der Waals surface area contributed by atoms with Gasteiger partial charge in [0, 0.05) is 24.8 Å². The molecule has 1 atom stereocenters. The molecule has 1 saturated heterocycles. The third-order valence-corrected chi connectivity index (χ3v) is 4.15. The van der Waals surface area contributed by atoms with Crippen LogP contribution in [0.2, 0.25) is 0 Å². The highest BCUT2D eigenvalue weighted by molar-refractivity contribution is 5.44. The number of aryl methyl sites for hydroxylation is 1. The SMILES string of the molecule is Cc1cccc2nc(NCC3CCN(C(C)C)C3)nn12. The molecule has 5 heteroatoms. The Morgan fingerprint density at radius 3 is 2.95 bits per heavy atom. The maximum atomic E-state index is 4.52. The van der Waals surface area contributed by atoms with Gasteiger partial charge in [0.05, 0.1) is 0 Å². The van der Waals surface area contributed by atoms with Gasteiger partial charge in [0.25, 0.3) is 0 Å². The van der Waals surface area contributed by atoms with E-state index in [-0.39, 0.29) is 0 Å². The first-order valence-corrected chi connectivity index (χ1v) is 7.44. The van der Waals surface area contributed by atoms with E-state index in [0.717, 1.165) is 23.8 Å². The van der Waals surface area contributed by atoms with Crippen LogP contribution in [0.4, 0.5) is 5.95 Å². The van der Waals surface area contributed by atoms with E-state index < -0.39 is 0 Å². The van der Waals surface area contributed by atoms with Crippen LogP contribution in [0.5, 0.6) is 0 Å². The predicted octanol–water partition coefficient (Wildman–Crippen LogP) is 2.18. The second-order valence-electron chi connectivity index (χ2n) is 6.00. The molecule has 1 unspecified atom stereocenters. The first-order chi connectivity index (χ1) is 9.63. The Kier molecular flexibility index (Phi) is 3.61. The molecule has 108 valence electrons. The molecular formula is C15H23N5. The molecule has 1 aliphatic rings. The molecule has 0 radical (unpaired) electrons. The molecule has 0 amide bonds. The number of aromatic nitrogens is 3. The summed E-state index contributed by atoms with van der Waals surface area (Å²) in [6, 6.07) is 6.70. The number of pyridine rings is 1. The monoisotopic (exact) mass is 273 g/mol. The molecule has 3 rings (SSSR count). The van der Waals surface area contributed by atoms with Crippen LogP contribution in [-0.2, 0) is 0 Å². The van der Waals surface area contributed by atoms with E-state index in [4.69, 9.17) is 0 Å². The van der Waals surface area contributed by atoms with Crippen molar-refractivity contribution in [2.75, 3.05) is 25.0 Å². The van der Waals surface area contributed by atoms with Crippen molar-refractivity contribution in [1.29, 1.82) is 0 Å². The van der Waals surface area contributed by atoms with Crippen molar-refractivity contribution in [2.24, 2.45) is 5.92 Å². The van der Waals surface area contributed by atoms with Crippen LogP contribution in [0.1, 0.15) is 26.0 Å². The molecule has 3 heterocycles. The topological polar surface area (TPSA) is 45.5 Å². The Balaban J connectivity index is 1.62. The third kappa shape index (κ3) is 2.63. The van der Waals surface area contributed by atoms with Gasteiger partial charge in [-0.05, 0) is 51.8 Å². The molecule has 0 spiro atoms. The molecule has 0 bridgehead atoms. The van der Waals surface area contributed by atoms with Gasteiger partial charge in [0.1, 0.15) is 0 Å². The summed E-state index contributed by atoms with van der Waals surface area (Å²) in [7, 11) is 0. The maximum absolute atomic E-state index is 4.52. The van der Waals surface area contributed by atoms with Crippen LogP contribution >= 0.6 is 0 Å². The van der Waals surface area contributed by atoms with Gasteiger partial charge in [0.2, 0.25) is 5.95 Å². The first kappa shape index (κ1) is 13.4. The summed E-state index contributed by atoms with van der Waals surface area (Å²) in [6.45, 7) is 9.92. The fraction of sp³-hybridized carbons (Fsp3) is 0.600. The Labute approximate surface area is 120 Å². The zero-order valence-electron chi connectivity index (χ0n) is 12.5. The smallest absolute Gasteiger partial charge is 0.243 e. The highest BCUT2D eigenvalue weighted by Gasteiger charge is 2.24. The number of anilines is 1. The molecule has 1 aliphatic heterocycles. The predicted molar refractivity (Wildman–Crippen MR) is 81.0 cm³/mol. The van der Waals surface area contributed by atoms with Crippen LogP contribution in [0.25, 0.3) is 5.65 Å². The zero-order chi connectivity index (χ0) is 14.1. The van der Waals surface area contributed by atoms with E-state index in [1.54, 1.807) is 0 Å². The molecule has 1 fully saturated rings. The Morgan fingerprint density at radius 1 is 1.40 bits per heavy atom. The fourth-order valence-electron chi connectivity index (χ4n) is 2.84. The number of hydrogen-bond donors (Lipinski definition) is 1. The Morgan fingerprint density at radius 2 is 2.25 bits per heavy atom. The van der Waals surface area contributed by atoms with Gasteiger partial charge in [-0.15, -0.1) is 5.10 Å². The van der Waals surface area contributed by atoms with Gasteiger partial charge >= 0.3 is 0 Å². The molecular weight excluding hydrogens is 250 g/mol. The molecule has 5 nitrogen and oxygen atoms in total. The minimum atomic E-state index is 0.649. The van der Waals surface area contributed by atoms with Crippen molar-refractivity contribution in [2.45, 2.75) is 33.2 Å². The molecule has 2 aromatic rings. The number of hydrogen-bond acceptors (Lipinski definition) is 4. The van der Waals surface area contributed by atoms with E-state index in [9.17, 15) is 0 Å². The van der Waals surface area contributed by atoms with Gasteiger partial charge in [-0.25, -0.2) is 4.52 Å². The lowest BCUT2D eigenvalue weighted by Gasteiger charge is -2.20. The van der Waals surface area contributed by atoms with Crippen molar-refractivity contribution in [1.82, 2.24) is 19.5 Å². The quantitative estimate of drug-likeness (QED) is 0.927. The largest absolute Gasteiger partial charge is 0.353 e. The highest BCUT2D eigenvalue weighted by atomic mass is 15.4. The van der Waals surface area contributed by atoms with Gasteiger partial charge in [-0.1, -0.05) is 6.07 Å². The minimum absolute atomic E-state index is 0.649. The summed E-state index contributed by atoms with van der Waals surface area (Å²) in [6.07, 6.45) is 1.26. The van der Waals surface area contributed by atoms with Crippen LogP contribution in [0, 0.1) is 12.8 Å². The number of likely N-dealkylation sites (tertiary alicyclic amines) is 1. The average Bonchev–Trinajstić information content (AvgIpc) is 3.03. The van der Waals surface area contributed by atoms with Gasteiger partial charge in [-0.3, -0.25) is 0 Å². The summed E-state index contributed by atoms with van der Waals surface area (Å²) in [5, 5.41) is 7.90. The lowest BCUT2D eigenvalue weighted by Crippen LogP contribution is -2.29. The van der Waals surface area contributed by atoms with E-state index in [2.05, 4.69) is 34.1 Å². The molecule has 0 aromatic carbocycles. The van der Waals surface area contributed by atoms with Crippen LogP contribution in [0.3, 0.4) is 0 Å². The van der Waals surface area contributed by atoms with Crippen LogP contribution in [-0.4, -0.2) is 45.2 Å². The van der Waals surface area contributed by atoms with Crippen LogP contribution < -0.4 is 5.32 Å². The third-order valence-electron chi connectivity index (χ3n) is 4.15. The van der Waals surface area contributed by atoms with Crippen molar-refractivity contribution in [3.8, 4) is 0 Å². The average molecular weight is 273 g/mol. The molecule has 2 aromatic heterocycles. The molecule has 20 heavy (non-hydrogen) atoms. The van der Waals surface area contributed by atoms with Gasteiger partial charge in [0.15, 0.2) is 5.65 Å². The van der Waals surface area contributed by atoms with E-state index >= 15 is 0 Å². The summed E-state index contributed by atoms with van der Waals surface area (Å²) in [4.78, 5) is 7.05. The fourth-order valence-corrected chi connectivity index (χ4v) is 2.84. The standard InChI is InChI=1S/C15H23N5/c1-11(2)19-8-7-13(10-19)9-16-15-17-14-6-4-5-12(3)20(14)18-15/h4-6,11,13H,7-10H2,1-3H3,(H,16,18). The zero-order valence-corrected chi connectivity index (χ0v) is 12.5. The molecule has 0 saturated carbocycles. The van der Waals surface area contributed by atoms with E-state index in [0.29, 0.717) is 12.0 Å².